The van der Waals surface area contributed by atoms with E-state index >= 15 is 0 Å². The van der Waals surface area contributed by atoms with Crippen molar-refractivity contribution in [2.75, 3.05) is 0 Å². The zero-order chi connectivity index (χ0) is 13.4. The van der Waals surface area contributed by atoms with E-state index in [1.54, 1.807) is 0 Å². The van der Waals surface area contributed by atoms with Gasteiger partial charge in [-0.05, 0) is 29.8 Å². The summed E-state index contributed by atoms with van der Waals surface area (Å²) in [6.07, 6.45) is 0.0676. The lowest BCUT2D eigenvalue weighted by atomic mass is 10.1. The molecule has 19 heavy (non-hydrogen) atoms. The van der Waals surface area contributed by atoms with Gasteiger partial charge in [0.05, 0.1) is 17.5 Å². The fourth-order valence-electron chi connectivity index (χ4n) is 2.17. The SMILES string of the molecule is CC(=O)Cc1nc2cc3ccccc3cc2[nH]c1=O. The Labute approximate surface area is 109 Å². The summed E-state index contributed by atoms with van der Waals surface area (Å²) in [5, 5.41) is 2.11. The molecule has 1 aromatic heterocycles. The minimum Gasteiger partial charge on any atom is -0.319 e. The van der Waals surface area contributed by atoms with Gasteiger partial charge in [-0.15, -0.1) is 0 Å². The Hall–Kier alpha value is -2.49. The summed E-state index contributed by atoms with van der Waals surface area (Å²) in [5.41, 5.74) is 1.37. The van der Waals surface area contributed by atoms with Crippen LogP contribution < -0.4 is 5.56 Å². The highest BCUT2D eigenvalue weighted by molar-refractivity contribution is 5.94. The smallest absolute Gasteiger partial charge is 0.270 e. The average Bonchev–Trinajstić information content (AvgIpc) is 2.37. The van der Waals surface area contributed by atoms with E-state index < -0.39 is 0 Å². The number of nitrogens with one attached hydrogen (secondary N) is 1. The van der Waals surface area contributed by atoms with Crippen molar-refractivity contribution in [1.29, 1.82) is 0 Å². The highest BCUT2D eigenvalue weighted by Crippen LogP contribution is 2.19. The number of benzene rings is 2. The maximum Gasteiger partial charge on any atom is 0.270 e. The van der Waals surface area contributed by atoms with Gasteiger partial charge in [0, 0.05) is 0 Å². The molecule has 1 N–H and O–H groups in total. The predicted octanol–water partition coefficient (Wildman–Crippen LogP) is 2.21. The molecule has 0 bridgehead atoms. The Balaban J connectivity index is 2.29. The van der Waals surface area contributed by atoms with Gasteiger partial charge in [0.15, 0.2) is 0 Å². The maximum absolute atomic E-state index is 11.8. The molecule has 0 unspecified atom stereocenters. The molecule has 94 valence electrons. The van der Waals surface area contributed by atoms with Crippen molar-refractivity contribution in [3.05, 3.63) is 52.4 Å². The third-order valence-electron chi connectivity index (χ3n) is 3.05. The molecule has 0 radical (unpaired) electrons. The first-order valence-electron chi connectivity index (χ1n) is 6.04. The van der Waals surface area contributed by atoms with Gasteiger partial charge < -0.3 is 4.98 Å². The Morgan fingerprint density at radius 1 is 1.21 bits per heavy atom. The molecule has 0 saturated carbocycles. The van der Waals surface area contributed by atoms with Crippen LogP contribution in [-0.4, -0.2) is 15.8 Å². The molecule has 4 heteroatoms. The number of aromatic amines is 1. The lowest BCUT2D eigenvalue weighted by molar-refractivity contribution is -0.116. The van der Waals surface area contributed by atoms with Crippen LogP contribution in [-0.2, 0) is 11.2 Å². The molecule has 0 amide bonds. The second-order valence-corrected chi connectivity index (χ2v) is 4.61. The first kappa shape index (κ1) is 11.6. The number of Topliss-reactive ketones (excluding diaryl/α,β-unsaturated/α-hetero) is 1. The summed E-state index contributed by atoms with van der Waals surface area (Å²) in [5.74, 6) is -0.0712. The summed E-state index contributed by atoms with van der Waals surface area (Å²) >= 11 is 0. The van der Waals surface area contributed by atoms with E-state index in [4.69, 9.17) is 0 Å². The van der Waals surface area contributed by atoms with Gasteiger partial charge in [-0.1, -0.05) is 24.3 Å². The zero-order valence-corrected chi connectivity index (χ0v) is 10.4. The fourth-order valence-corrected chi connectivity index (χ4v) is 2.17. The van der Waals surface area contributed by atoms with Crippen molar-refractivity contribution < 1.29 is 4.79 Å². The highest BCUT2D eigenvalue weighted by Gasteiger charge is 2.08. The molecule has 0 aliphatic rings. The first-order valence-corrected chi connectivity index (χ1v) is 6.04. The van der Waals surface area contributed by atoms with Crippen LogP contribution in [0.25, 0.3) is 21.8 Å². The third-order valence-corrected chi connectivity index (χ3v) is 3.05. The summed E-state index contributed by atoms with van der Waals surface area (Å²) < 4.78 is 0. The lowest BCUT2D eigenvalue weighted by Gasteiger charge is -2.03. The van der Waals surface area contributed by atoms with E-state index in [1.165, 1.54) is 6.92 Å². The molecular formula is C15H12N2O2. The number of ketones is 1. The van der Waals surface area contributed by atoms with Crippen LogP contribution >= 0.6 is 0 Å². The zero-order valence-electron chi connectivity index (χ0n) is 10.4. The molecule has 2 aromatic carbocycles. The van der Waals surface area contributed by atoms with Crippen LogP contribution in [0.1, 0.15) is 12.6 Å². The van der Waals surface area contributed by atoms with Crippen LogP contribution in [0.4, 0.5) is 0 Å². The number of fused-ring (bicyclic) bond motifs is 2. The standard InChI is InChI=1S/C15H12N2O2/c1-9(18)6-14-15(19)17-13-8-11-5-3-2-4-10(11)7-12(13)16-14/h2-5,7-8H,6H2,1H3,(H,17,19). The van der Waals surface area contributed by atoms with Crippen LogP contribution in [0.5, 0.6) is 0 Å². The van der Waals surface area contributed by atoms with Crippen molar-refractivity contribution in [3.63, 3.8) is 0 Å². The van der Waals surface area contributed by atoms with Gasteiger partial charge in [-0.3, -0.25) is 9.59 Å². The number of nitrogens with zero attached hydrogens (tertiary/aromatic N) is 1. The molecule has 3 aromatic rings. The second-order valence-electron chi connectivity index (χ2n) is 4.61. The van der Waals surface area contributed by atoms with E-state index in [9.17, 15) is 9.59 Å². The largest absolute Gasteiger partial charge is 0.319 e. The monoisotopic (exact) mass is 252 g/mol. The molecule has 4 nitrogen and oxygen atoms in total. The van der Waals surface area contributed by atoms with Crippen molar-refractivity contribution in [2.45, 2.75) is 13.3 Å². The van der Waals surface area contributed by atoms with Crippen LogP contribution in [0.15, 0.2) is 41.2 Å². The molecule has 0 aliphatic heterocycles. The molecule has 0 aliphatic carbocycles. The summed E-state index contributed by atoms with van der Waals surface area (Å²) in [7, 11) is 0. The van der Waals surface area contributed by atoms with Crippen LogP contribution in [0.3, 0.4) is 0 Å². The number of hydrogen-bond acceptors (Lipinski definition) is 3. The molecule has 1 heterocycles. The van der Waals surface area contributed by atoms with Crippen LogP contribution in [0.2, 0.25) is 0 Å². The van der Waals surface area contributed by atoms with Crippen molar-refractivity contribution in [2.24, 2.45) is 0 Å². The number of rotatable bonds is 2. The topological polar surface area (TPSA) is 62.8 Å². The number of carbonyl (C=O) groups excluding carboxylic acids is 1. The van der Waals surface area contributed by atoms with Crippen molar-refractivity contribution in [1.82, 2.24) is 9.97 Å². The molecule has 0 spiro atoms. The van der Waals surface area contributed by atoms with Crippen molar-refractivity contribution >= 4 is 27.6 Å². The van der Waals surface area contributed by atoms with Crippen LogP contribution in [0, 0.1) is 0 Å². The van der Waals surface area contributed by atoms with Gasteiger partial charge in [0.2, 0.25) is 0 Å². The fraction of sp³-hybridized carbons (Fsp3) is 0.133. The summed E-state index contributed by atoms with van der Waals surface area (Å²) in [6.45, 7) is 1.45. The predicted molar refractivity (Wildman–Crippen MR) is 74.3 cm³/mol. The Morgan fingerprint density at radius 2 is 1.89 bits per heavy atom. The maximum atomic E-state index is 11.8. The number of carbonyl (C=O) groups is 1. The Morgan fingerprint density at radius 3 is 2.58 bits per heavy atom. The highest BCUT2D eigenvalue weighted by atomic mass is 16.1. The average molecular weight is 252 g/mol. The van der Waals surface area contributed by atoms with E-state index in [0.29, 0.717) is 11.0 Å². The van der Waals surface area contributed by atoms with E-state index in [-0.39, 0.29) is 23.5 Å². The molecule has 0 atom stereocenters. The number of aromatic nitrogens is 2. The molecule has 3 rings (SSSR count). The quantitative estimate of drug-likeness (QED) is 0.711. The molecule has 0 fully saturated rings. The van der Waals surface area contributed by atoms with Gasteiger partial charge >= 0.3 is 0 Å². The summed E-state index contributed by atoms with van der Waals surface area (Å²) in [6, 6.07) is 11.7. The Kier molecular flexibility index (Phi) is 2.63. The van der Waals surface area contributed by atoms with E-state index in [1.807, 2.05) is 36.4 Å². The van der Waals surface area contributed by atoms with Gasteiger partial charge in [-0.25, -0.2) is 4.98 Å². The Bertz CT molecular complexity index is 850. The van der Waals surface area contributed by atoms with E-state index in [2.05, 4.69) is 9.97 Å². The van der Waals surface area contributed by atoms with Crippen molar-refractivity contribution in [3.8, 4) is 0 Å². The molecular weight excluding hydrogens is 240 g/mol. The lowest BCUT2D eigenvalue weighted by Crippen LogP contribution is -2.17. The second kappa shape index (κ2) is 4.31. The van der Waals surface area contributed by atoms with Gasteiger partial charge in [0.25, 0.3) is 5.56 Å². The summed E-state index contributed by atoms with van der Waals surface area (Å²) in [4.78, 5) is 30.0. The minimum atomic E-state index is -0.294. The number of H-pyrrole nitrogens is 1. The van der Waals surface area contributed by atoms with E-state index in [0.717, 1.165) is 10.8 Å². The molecule has 0 saturated heterocycles. The normalized spacial score (nSPS) is 11.0. The first-order chi connectivity index (χ1) is 9.13. The number of hydrogen-bond donors (Lipinski definition) is 1. The van der Waals surface area contributed by atoms with Gasteiger partial charge in [0.1, 0.15) is 11.5 Å². The third kappa shape index (κ3) is 2.12. The van der Waals surface area contributed by atoms with Gasteiger partial charge in [-0.2, -0.15) is 0 Å². The minimum absolute atomic E-state index is 0.0676.